The summed E-state index contributed by atoms with van der Waals surface area (Å²) in [5.74, 6) is 0.163. The Morgan fingerprint density at radius 3 is 2.93 bits per heavy atom. The van der Waals surface area contributed by atoms with Crippen LogP contribution in [-0.4, -0.2) is 18.2 Å². The van der Waals surface area contributed by atoms with E-state index in [1.807, 2.05) is 0 Å². The highest BCUT2D eigenvalue weighted by atomic mass is 32.1. The van der Waals surface area contributed by atoms with E-state index >= 15 is 0 Å². The third-order valence-corrected chi connectivity index (χ3v) is 4.33. The van der Waals surface area contributed by atoms with Gasteiger partial charge >= 0.3 is 5.97 Å². The molecule has 4 heteroatoms. The second-order valence-corrected chi connectivity index (χ2v) is 4.96. The number of aromatic hydroxyl groups is 1. The smallest absolute Gasteiger partial charge is 0.351 e. The molecule has 0 fully saturated rings. The summed E-state index contributed by atoms with van der Waals surface area (Å²) in [7, 11) is 1.34. The zero-order valence-corrected chi connectivity index (χ0v) is 9.69. The van der Waals surface area contributed by atoms with E-state index in [1.165, 1.54) is 18.4 Å². The van der Waals surface area contributed by atoms with Crippen molar-refractivity contribution in [2.24, 2.45) is 0 Å². The Hall–Kier alpha value is -1.03. The van der Waals surface area contributed by atoms with Gasteiger partial charge < -0.3 is 9.84 Å². The van der Waals surface area contributed by atoms with Crippen LogP contribution in [0.4, 0.5) is 0 Å². The van der Waals surface area contributed by atoms with E-state index in [1.54, 1.807) is 0 Å². The molecule has 1 aromatic rings. The zero-order valence-electron chi connectivity index (χ0n) is 8.87. The first-order valence-electron chi connectivity index (χ1n) is 5.08. The lowest BCUT2D eigenvalue weighted by Crippen LogP contribution is -2.02. The maximum absolute atomic E-state index is 11.4. The average Bonchev–Trinajstić information content (AvgIpc) is 2.57. The van der Waals surface area contributed by atoms with Gasteiger partial charge in [0.05, 0.1) is 7.11 Å². The van der Waals surface area contributed by atoms with E-state index in [2.05, 4.69) is 11.7 Å². The Labute approximate surface area is 92.7 Å². The molecule has 1 aromatic heterocycles. The van der Waals surface area contributed by atoms with Crippen molar-refractivity contribution in [1.82, 2.24) is 0 Å². The van der Waals surface area contributed by atoms with Crippen molar-refractivity contribution < 1.29 is 14.6 Å². The van der Waals surface area contributed by atoms with E-state index in [0.717, 1.165) is 29.7 Å². The first-order chi connectivity index (χ1) is 7.15. The summed E-state index contributed by atoms with van der Waals surface area (Å²) in [5.41, 5.74) is 0.958. The Bertz CT molecular complexity index is 395. The molecule has 0 saturated heterocycles. The Balaban J connectivity index is 2.47. The van der Waals surface area contributed by atoms with E-state index in [0.29, 0.717) is 10.8 Å². The molecule has 1 aliphatic carbocycles. The SMILES string of the molecule is COC(=O)c1sc2c(c1O)CCCC2C. The number of ether oxygens (including phenoxy) is 1. The lowest BCUT2D eigenvalue weighted by molar-refractivity contribution is 0.0603. The third-order valence-electron chi connectivity index (χ3n) is 2.89. The largest absolute Gasteiger partial charge is 0.506 e. The highest BCUT2D eigenvalue weighted by molar-refractivity contribution is 7.14. The summed E-state index contributed by atoms with van der Waals surface area (Å²) in [6.07, 6.45) is 3.09. The molecule has 1 heterocycles. The topological polar surface area (TPSA) is 46.5 Å². The van der Waals surface area contributed by atoms with Gasteiger partial charge in [0.2, 0.25) is 0 Å². The summed E-state index contributed by atoms with van der Waals surface area (Å²) >= 11 is 1.38. The summed E-state index contributed by atoms with van der Waals surface area (Å²) in [4.78, 5) is 12.9. The number of fused-ring (bicyclic) bond motifs is 1. The molecule has 1 atom stereocenters. The molecule has 1 aliphatic rings. The molecule has 2 rings (SSSR count). The van der Waals surface area contributed by atoms with Crippen LogP contribution in [0, 0.1) is 0 Å². The van der Waals surface area contributed by atoms with E-state index in [9.17, 15) is 9.90 Å². The summed E-state index contributed by atoms with van der Waals surface area (Å²) in [6, 6.07) is 0. The highest BCUT2D eigenvalue weighted by Crippen LogP contribution is 2.44. The number of methoxy groups -OCH3 is 1. The number of carbonyl (C=O) groups is 1. The molecule has 15 heavy (non-hydrogen) atoms. The number of carbonyl (C=O) groups excluding carboxylic acids is 1. The fourth-order valence-electron chi connectivity index (χ4n) is 2.06. The van der Waals surface area contributed by atoms with Gasteiger partial charge in [-0.25, -0.2) is 4.79 Å². The van der Waals surface area contributed by atoms with Crippen molar-refractivity contribution in [2.75, 3.05) is 7.11 Å². The minimum Gasteiger partial charge on any atom is -0.506 e. The molecule has 0 bridgehead atoms. The van der Waals surface area contributed by atoms with Gasteiger partial charge in [-0.2, -0.15) is 0 Å². The van der Waals surface area contributed by atoms with Crippen LogP contribution in [0.5, 0.6) is 5.75 Å². The van der Waals surface area contributed by atoms with Crippen molar-refractivity contribution >= 4 is 17.3 Å². The number of hydrogen-bond donors (Lipinski definition) is 1. The molecule has 0 spiro atoms. The van der Waals surface area contributed by atoms with Gasteiger partial charge in [0.15, 0.2) is 4.88 Å². The second-order valence-electron chi connectivity index (χ2n) is 3.91. The van der Waals surface area contributed by atoms with Gasteiger partial charge in [-0.1, -0.05) is 6.92 Å². The van der Waals surface area contributed by atoms with Gasteiger partial charge in [0.1, 0.15) is 5.75 Å². The van der Waals surface area contributed by atoms with Crippen LogP contribution in [-0.2, 0) is 11.2 Å². The maximum atomic E-state index is 11.4. The van der Waals surface area contributed by atoms with Gasteiger partial charge in [0.25, 0.3) is 0 Å². The fourth-order valence-corrected chi connectivity index (χ4v) is 3.31. The molecule has 0 aliphatic heterocycles. The average molecular weight is 226 g/mol. The quantitative estimate of drug-likeness (QED) is 0.749. The minimum absolute atomic E-state index is 0.147. The van der Waals surface area contributed by atoms with Crippen LogP contribution >= 0.6 is 11.3 Å². The third kappa shape index (κ3) is 1.63. The normalized spacial score (nSPS) is 19.7. The molecule has 0 saturated carbocycles. The molecule has 1 N–H and O–H groups in total. The van der Waals surface area contributed by atoms with Crippen molar-refractivity contribution in [3.63, 3.8) is 0 Å². The van der Waals surface area contributed by atoms with Crippen molar-refractivity contribution in [3.8, 4) is 5.75 Å². The molecule has 0 aromatic carbocycles. The Morgan fingerprint density at radius 2 is 2.33 bits per heavy atom. The Morgan fingerprint density at radius 1 is 1.60 bits per heavy atom. The monoisotopic (exact) mass is 226 g/mol. The van der Waals surface area contributed by atoms with Crippen LogP contribution in [0.1, 0.15) is 45.8 Å². The van der Waals surface area contributed by atoms with E-state index in [-0.39, 0.29) is 5.75 Å². The van der Waals surface area contributed by atoms with Crippen LogP contribution < -0.4 is 0 Å². The lowest BCUT2D eigenvalue weighted by Gasteiger charge is -2.17. The lowest BCUT2D eigenvalue weighted by atomic mass is 9.90. The first kappa shape index (κ1) is 10.5. The predicted molar refractivity (Wildman–Crippen MR) is 58.7 cm³/mol. The maximum Gasteiger partial charge on any atom is 0.351 e. The molecular weight excluding hydrogens is 212 g/mol. The predicted octanol–water partition coefficient (Wildman–Crippen LogP) is 2.68. The number of thiophene rings is 1. The number of esters is 1. The van der Waals surface area contributed by atoms with E-state index < -0.39 is 5.97 Å². The van der Waals surface area contributed by atoms with Gasteiger partial charge in [-0.05, 0) is 25.2 Å². The van der Waals surface area contributed by atoms with E-state index in [4.69, 9.17) is 0 Å². The molecule has 0 amide bonds. The molecule has 82 valence electrons. The molecular formula is C11H14O3S. The zero-order chi connectivity index (χ0) is 11.0. The molecule has 1 unspecified atom stereocenters. The van der Waals surface area contributed by atoms with Gasteiger partial charge in [-0.3, -0.25) is 0 Å². The van der Waals surface area contributed by atoms with Gasteiger partial charge in [0, 0.05) is 10.4 Å². The summed E-state index contributed by atoms with van der Waals surface area (Å²) in [6.45, 7) is 2.13. The van der Waals surface area contributed by atoms with Crippen molar-refractivity contribution in [2.45, 2.75) is 32.1 Å². The number of rotatable bonds is 1. The molecule has 0 radical (unpaired) electrons. The first-order valence-corrected chi connectivity index (χ1v) is 5.89. The summed E-state index contributed by atoms with van der Waals surface area (Å²) in [5, 5.41) is 9.90. The standard InChI is InChI=1S/C11H14O3S/c1-6-4-3-5-7-8(12)10(11(13)14-2)15-9(6)7/h6,12H,3-5H2,1-2H3. The van der Waals surface area contributed by atoms with Crippen molar-refractivity contribution in [3.05, 3.63) is 15.3 Å². The number of hydrogen-bond acceptors (Lipinski definition) is 4. The van der Waals surface area contributed by atoms with Crippen LogP contribution in [0.3, 0.4) is 0 Å². The second kappa shape index (κ2) is 3.85. The van der Waals surface area contributed by atoms with Gasteiger partial charge in [-0.15, -0.1) is 11.3 Å². The van der Waals surface area contributed by atoms with Crippen LogP contribution in [0.15, 0.2) is 0 Å². The van der Waals surface area contributed by atoms with Crippen LogP contribution in [0.2, 0.25) is 0 Å². The van der Waals surface area contributed by atoms with Crippen LogP contribution in [0.25, 0.3) is 0 Å². The fraction of sp³-hybridized carbons (Fsp3) is 0.545. The van der Waals surface area contributed by atoms with Crippen molar-refractivity contribution in [1.29, 1.82) is 0 Å². The molecule has 3 nitrogen and oxygen atoms in total. The highest BCUT2D eigenvalue weighted by Gasteiger charge is 2.27. The Kier molecular flexibility index (Phi) is 2.69. The summed E-state index contributed by atoms with van der Waals surface area (Å²) < 4.78 is 4.64. The minimum atomic E-state index is -0.431.